The highest BCUT2D eigenvalue weighted by Crippen LogP contribution is 2.14. The van der Waals surface area contributed by atoms with Gasteiger partial charge in [-0.15, -0.1) is 0 Å². The molecule has 0 radical (unpaired) electrons. The van der Waals surface area contributed by atoms with Crippen LogP contribution in [0.2, 0.25) is 0 Å². The third-order valence-corrected chi connectivity index (χ3v) is 3.95. The van der Waals surface area contributed by atoms with Gasteiger partial charge in [0.15, 0.2) is 0 Å². The molecule has 1 aromatic carbocycles. The number of carbonyl (C=O) groups excluding carboxylic acids is 1. The molecule has 1 aromatic heterocycles. The Balaban J connectivity index is 2.00. The fourth-order valence-electron chi connectivity index (χ4n) is 2.50. The van der Waals surface area contributed by atoms with Crippen LogP contribution in [-0.2, 0) is 16.8 Å². The standard InChI is InChI=1S/C19H25N3O3/c1-13-6-5-7-14(8-13)9-15(18(24)25)10-20-17(23)16-11-21-22(12-16)19(2,3)4/h5-8,11-12,15H,9-10H2,1-4H3,(H,20,23)(H,24,25). The fourth-order valence-corrected chi connectivity index (χ4v) is 2.50. The topological polar surface area (TPSA) is 84.2 Å². The van der Waals surface area contributed by atoms with Gasteiger partial charge >= 0.3 is 5.97 Å². The maximum atomic E-state index is 12.3. The number of carboxylic acid groups (broad SMARTS) is 1. The Bertz CT molecular complexity index is 759. The molecule has 1 heterocycles. The summed E-state index contributed by atoms with van der Waals surface area (Å²) in [4.78, 5) is 23.8. The first kappa shape index (κ1) is 18.7. The Morgan fingerprint density at radius 1 is 1.32 bits per heavy atom. The Hall–Kier alpha value is -2.63. The summed E-state index contributed by atoms with van der Waals surface area (Å²) >= 11 is 0. The predicted molar refractivity (Wildman–Crippen MR) is 95.6 cm³/mol. The average molecular weight is 343 g/mol. The SMILES string of the molecule is Cc1cccc(CC(CNC(=O)c2cnn(C(C)(C)C)c2)C(=O)O)c1. The van der Waals surface area contributed by atoms with Crippen molar-refractivity contribution in [3.05, 3.63) is 53.3 Å². The van der Waals surface area contributed by atoms with E-state index in [1.807, 2.05) is 52.0 Å². The highest BCUT2D eigenvalue weighted by atomic mass is 16.4. The van der Waals surface area contributed by atoms with Gasteiger partial charge in [-0.1, -0.05) is 29.8 Å². The van der Waals surface area contributed by atoms with Gasteiger partial charge in [0.25, 0.3) is 5.91 Å². The number of aliphatic carboxylic acids is 1. The summed E-state index contributed by atoms with van der Waals surface area (Å²) in [6, 6.07) is 7.74. The third-order valence-electron chi connectivity index (χ3n) is 3.95. The Morgan fingerprint density at radius 2 is 2.04 bits per heavy atom. The van der Waals surface area contributed by atoms with E-state index in [0.717, 1.165) is 11.1 Å². The zero-order valence-corrected chi connectivity index (χ0v) is 15.1. The van der Waals surface area contributed by atoms with Gasteiger partial charge in [-0.05, 0) is 39.7 Å². The summed E-state index contributed by atoms with van der Waals surface area (Å²) in [5.41, 5.74) is 2.24. The summed E-state index contributed by atoms with van der Waals surface area (Å²) in [6.45, 7) is 8.01. The lowest BCUT2D eigenvalue weighted by Gasteiger charge is -2.18. The van der Waals surface area contributed by atoms with Crippen molar-refractivity contribution in [2.45, 2.75) is 39.7 Å². The van der Waals surface area contributed by atoms with Gasteiger partial charge in [-0.25, -0.2) is 0 Å². The molecule has 0 spiro atoms. The minimum atomic E-state index is -0.924. The van der Waals surface area contributed by atoms with E-state index in [0.29, 0.717) is 12.0 Å². The fraction of sp³-hybridized carbons (Fsp3) is 0.421. The number of nitrogens with zero attached hydrogens (tertiary/aromatic N) is 2. The predicted octanol–water partition coefficient (Wildman–Crippen LogP) is 2.62. The molecule has 1 atom stereocenters. The first-order chi connectivity index (χ1) is 11.7. The molecule has 0 saturated heterocycles. The van der Waals surface area contributed by atoms with E-state index >= 15 is 0 Å². The number of hydrogen-bond donors (Lipinski definition) is 2. The maximum absolute atomic E-state index is 12.3. The number of aryl methyl sites for hydroxylation is 1. The van der Waals surface area contributed by atoms with E-state index in [9.17, 15) is 14.7 Å². The van der Waals surface area contributed by atoms with Gasteiger partial charge < -0.3 is 10.4 Å². The number of aromatic nitrogens is 2. The molecule has 0 aliphatic rings. The molecule has 1 amide bonds. The second kappa shape index (κ2) is 7.51. The summed E-state index contributed by atoms with van der Waals surface area (Å²) in [5.74, 6) is -1.92. The van der Waals surface area contributed by atoms with Crippen molar-refractivity contribution in [1.29, 1.82) is 0 Å². The molecular weight excluding hydrogens is 318 g/mol. The number of carbonyl (C=O) groups is 2. The van der Waals surface area contributed by atoms with Crippen molar-refractivity contribution >= 4 is 11.9 Å². The van der Waals surface area contributed by atoms with E-state index in [1.54, 1.807) is 10.9 Å². The summed E-state index contributed by atoms with van der Waals surface area (Å²) in [7, 11) is 0. The lowest BCUT2D eigenvalue weighted by Crippen LogP contribution is -2.34. The zero-order chi connectivity index (χ0) is 18.6. The van der Waals surface area contributed by atoms with Gasteiger partial charge in [-0.3, -0.25) is 14.3 Å². The molecule has 6 heteroatoms. The van der Waals surface area contributed by atoms with Crippen molar-refractivity contribution in [3.63, 3.8) is 0 Å². The lowest BCUT2D eigenvalue weighted by molar-refractivity contribution is -0.141. The van der Waals surface area contributed by atoms with Gasteiger partial charge in [0.1, 0.15) is 0 Å². The molecule has 2 rings (SSSR count). The van der Waals surface area contributed by atoms with E-state index in [1.165, 1.54) is 6.20 Å². The first-order valence-corrected chi connectivity index (χ1v) is 8.28. The van der Waals surface area contributed by atoms with Crippen molar-refractivity contribution in [2.24, 2.45) is 5.92 Å². The summed E-state index contributed by atoms with van der Waals surface area (Å²) in [6.07, 6.45) is 3.54. The van der Waals surface area contributed by atoms with Crippen LogP contribution in [-0.4, -0.2) is 33.3 Å². The van der Waals surface area contributed by atoms with Crippen LogP contribution in [0.1, 0.15) is 42.3 Å². The number of carboxylic acids is 1. The largest absolute Gasteiger partial charge is 0.481 e. The lowest BCUT2D eigenvalue weighted by atomic mass is 9.98. The van der Waals surface area contributed by atoms with Crippen molar-refractivity contribution in [1.82, 2.24) is 15.1 Å². The van der Waals surface area contributed by atoms with Crippen LogP contribution in [0.3, 0.4) is 0 Å². The van der Waals surface area contributed by atoms with E-state index in [2.05, 4.69) is 10.4 Å². The number of benzene rings is 1. The van der Waals surface area contributed by atoms with Gasteiger partial charge in [0.2, 0.25) is 0 Å². The molecule has 2 N–H and O–H groups in total. The molecule has 1 unspecified atom stereocenters. The van der Waals surface area contributed by atoms with Crippen LogP contribution in [0.25, 0.3) is 0 Å². The average Bonchev–Trinajstić information content (AvgIpc) is 3.01. The minimum absolute atomic E-state index is 0.0722. The quantitative estimate of drug-likeness (QED) is 0.844. The van der Waals surface area contributed by atoms with Crippen LogP contribution in [0, 0.1) is 12.8 Å². The Labute approximate surface area is 147 Å². The van der Waals surface area contributed by atoms with Gasteiger partial charge in [0.05, 0.1) is 23.2 Å². The number of rotatable bonds is 6. The monoisotopic (exact) mass is 343 g/mol. The highest BCUT2D eigenvalue weighted by Gasteiger charge is 2.21. The summed E-state index contributed by atoms with van der Waals surface area (Å²) < 4.78 is 1.71. The zero-order valence-electron chi connectivity index (χ0n) is 15.1. The van der Waals surface area contributed by atoms with Crippen LogP contribution in [0.4, 0.5) is 0 Å². The number of hydrogen-bond acceptors (Lipinski definition) is 3. The molecule has 6 nitrogen and oxygen atoms in total. The second-order valence-corrected chi connectivity index (χ2v) is 7.28. The number of amides is 1. The molecule has 134 valence electrons. The molecule has 0 aliphatic carbocycles. The third kappa shape index (κ3) is 5.17. The van der Waals surface area contributed by atoms with Gasteiger partial charge in [-0.2, -0.15) is 5.10 Å². The maximum Gasteiger partial charge on any atom is 0.308 e. The second-order valence-electron chi connectivity index (χ2n) is 7.28. The number of nitrogens with one attached hydrogen (secondary N) is 1. The van der Waals surface area contributed by atoms with E-state index < -0.39 is 11.9 Å². The molecule has 2 aromatic rings. The molecule has 0 fully saturated rings. The normalized spacial score (nSPS) is 12.6. The Kier molecular flexibility index (Phi) is 5.62. The Morgan fingerprint density at radius 3 is 2.60 bits per heavy atom. The molecule has 0 saturated carbocycles. The van der Waals surface area contributed by atoms with E-state index in [-0.39, 0.29) is 18.0 Å². The van der Waals surface area contributed by atoms with Crippen molar-refractivity contribution in [3.8, 4) is 0 Å². The molecular formula is C19H25N3O3. The van der Waals surface area contributed by atoms with Crippen molar-refractivity contribution in [2.75, 3.05) is 6.54 Å². The molecule has 25 heavy (non-hydrogen) atoms. The minimum Gasteiger partial charge on any atom is -0.481 e. The van der Waals surface area contributed by atoms with Gasteiger partial charge in [0, 0.05) is 12.7 Å². The molecule has 0 bridgehead atoms. The summed E-state index contributed by atoms with van der Waals surface area (Å²) in [5, 5.41) is 16.3. The smallest absolute Gasteiger partial charge is 0.308 e. The highest BCUT2D eigenvalue weighted by molar-refractivity contribution is 5.93. The van der Waals surface area contributed by atoms with Crippen molar-refractivity contribution < 1.29 is 14.7 Å². The first-order valence-electron chi connectivity index (χ1n) is 8.28. The molecule has 0 aliphatic heterocycles. The van der Waals surface area contributed by atoms with Crippen LogP contribution < -0.4 is 5.32 Å². The van der Waals surface area contributed by atoms with E-state index in [4.69, 9.17) is 0 Å². The van der Waals surface area contributed by atoms with Crippen LogP contribution >= 0.6 is 0 Å². The van der Waals surface area contributed by atoms with Crippen LogP contribution in [0.15, 0.2) is 36.7 Å². The van der Waals surface area contributed by atoms with Crippen LogP contribution in [0.5, 0.6) is 0 Å².